The van der Waals surface area contributed by atoms with Crippen molar-refractivity contribution in [2.75, 3.05) is 14.2 Å². The first-order valence-electron chi connectivity index (χ1n) is 10.0. The number of nitriles is 1. The van der Waals surface area contributed by atoms with Gasteiger partial charge in [0, 0.05) is 30.8 Å². The average Bonchev–Trinajstić information content (AvgIpc) is 3.24. The zero-order valence-corrected chi connectivity index (χ0v) is 17.7. The van der Waals surface area contributed by atoms with Crippen molar-refractivity contribution >= 4 is 17.6 Å². The van der Waals surface area contributed by atoms with E-state index in [0.717, 1.165) is 12.8 Å². The van der Waals surface area contributed by atoms with Crippen LogP contribution in [-0.2, 0) is 17.6 Å². The molecule has 1 aromatic carbocycles. The van der Waals surface area contributed by atoms with Crippen LogP contribution in [0.15, 0.2) is 54.9 Å². The number of benzene rings is 1. The number of carbonyl (C=O) groups is 1. The number of hydrogen-bond donors (Lipinski definition) is 0. The summed E-state index contributed by atoms with van der Waals surface area (Å²) in [6.07, 6.45) is 6.29. The molecule has 2 aromatic heterocycles. The minimum atomic E-state index is -0.543. The summed E-state index contributed by atoms with van der Waals surface area (Å²) in [5.41, 5.74) is 4.30. The zero-order chi connectivity index (χ0) is 22.5. The summed E-state index contributed by atoms with van der Waals surface area (Å²) in [5.74, 6) is 0.297. The van der Waals surface area contributed by atoms with Crippen LogP contribution >= 0.6 is 0 Å². The van der Waals surface area contributed by atoms with E-state index >= 15 is 0 Å². The Balaban J connectivity index is 1.62. The van der Waals surface area contributed by atoms with Crippen molar-refractivity contribution < 1.29 is 19.0 Å². The standard InChI is InChI=1S/C25H21N3O4/c1-30-24-23(32-21-11-17-5-3-4-6-18(17)12-21)13-20(15-28-24)19(14-26)9-16-7-8-27-22(10-16)25(29)31-2/h3-10,13,15,21H,11-12H2,1-2H3/b19-9+. The summed E-state index contributed by atoms with van der Waals surface area (Å²) in [4.78, 5) is 20.1. The Kier molecular flexibility index (Phi) is 6.13. The summed E-state index contributed by atoms with van der Waals surface area (Å²) < 4.78 is 16.3. The third-order valence-electron chi connectivity index (χ3n) is 5.24. The molecule has 0 saturated heterocycles. The van der Waals surface area contributed by atoms with Crippen LogP contribution in [0.3, 0.4) is 0 Å². The maximum absolute atomic E-state index is 11.7. The van der Waals surface area contributed by atoms with Crippen LogP contribution in [0.2, 0.25) is 0 Å². The third-order valence-corrected chi connectivity index (χ3v) is 5.24. The van der Waals surface area contributed by atoms with Crippen LogP contribution < -0.4 is 9.47 Å². The van der Waals surface area contributed by atoms with Crippen LogP contribution in [0.4, 0.5) is 0 Å². The van der Waals surface area contributed by atoms with Crippen molar-refractivity contribution in [3.8, 4) is 17.7 Å². The molecule has 7 nitrogen and oxygen atoms in total. The van der Waals surface area contributed by atoms with E-state index in [9.17, 15) is 10.1 Å². The molecule has 0 saturated carbocycles. The lowest BCUT2D eigenvalue weighted by Crippen LogP contribution is -2.17. The van der Waals surface area contributed by atoms with Gasteiger partial charge in [0.1, 0.15) is 11.8 Å². The lowest BCUT2D eigenvalue weighted by molar-refractivity contribution is 0.0594. The molecule has 4 rings (SSSR count). The number of carbonyl (C=O) groups excluding carboxylic acids is 1. The van der Waals surface area contributed by atoms with Crippen molar-refractivity contribution in [3.05, 3.63) is 82.8 Å². The van der Waals surface area contributed by atoms with Crippen molar-refractivity contribution in [2.45, 2.75) is 18.9 Å². The fourth-order valence-corrected chi connectivity index (χ4v) is 3.70. The van der Waals surface area contributed by atoms with Crippen molar-refractivity contribution in [1.29, 1.82) is 5.26 Å². The molecular formula is C25H21N3O4. The number of ether oxygens (including phenoxy) is 3. The molecule has 0 unspecified atom stereocenters. The predicted molar refractivity (Wildman–Crippen MR) is 118 cm³/mol. The second kappa shape index (κ2) is 9.31. The maximum atomic E-state index is 11.7. The monoisotopic (exact) mass is 427 g/mol. The van der Waals surface area contributed by atoms with Gasteiger partial charge in [-0.1, -0.05) is 24.3 Å². The number of fused-ring (bicyclic) bond motifs is 1. The van der Waals surface area contributed by atoms with Gasteiger partial charge in [0.2, 0.25) is 0 Å². The van der Waals surface area contributed by atoms with E-state index in [1.807, 2.05) is 12.1 Å². The molecule has 0 radical (unpaired) electrons. The highest BCUT2D eigenvalue weighted by molar-refractivity contribution is 5.92. The molecule has 2 heterocycles. The van der Waals surface area contributed by atoms with Gasteiger partial charge in [-0.05, 0) is 41.0 Å². The number of esters is 1. The summed E-state index contributed by atoms with van der Waals surface area (Å²) in [7, 11) is 2.82. The molecular weight excluding hydrogens is 406 g/mol. The Morgan fingerprint density at radius 1 is 1.12 bits per heavy atom. The van der Waals surface area contributed by atoms with E-state index in [-0.39, 0.29) is 11.8 Å². The number of aromatic nitrogens is 2. The molecule has 160 valence electrons. The fraction of sp³-hybridized carbons (Fsp3) is 0.200. The van der Waals surface area contributed by atoms with E-state index < -0.39 is 5.97 Å². The third kappa shape index (κ3) is 4.44. The summed E-state index contributed by atoms with van der Waals surface area (Å²) >= 11 is 0. The second-order valence-electron chi connectivity index (χ2n) is 7.28. The van der Waals surface area contributed by atoms with Gasteiger partial charge in [-0.25, -0.2) is 14.8 Å². The van der Waals surface area contributed by atoms with E-state index in [1.54, 1.807) is 30.5 Å². The molecule has 1 aliphatic rings. The SMILES string of the molecule is COC(=O)c1cc(/C=C(\C#N)c2cnc(OC)c(OC3Cc4ccccc4C3)c2)ccn1. The normalized spacial score (nSPS) is 13.2. The molecule has 0 atom stereocenters. The van der Waals surface area contributed by atoms with Gasteiger partial charge in [0.15, 0.2) is 5.75 Å². The van der Waals surface area contributed by atoms with Gasteiger partial charge < -0.3 is 14.2 Å². The largest absolute Gasteiger partial charge is 0.484 e. The van der Waals surface area contributed by atoms with Gasteiger partial charge >= 0.3 is 5.97 Å². The number of nitrogens with zero attached hydrogens (tertiary/aromatic N) is 3. The van der Waals surface area contributed by atoms with Crippen LogP contribution in [0, 0.1) is 11.3 Å². The summed E-state index contributed by atoms with van der Waals surface area (Å²) in [6.45, 7) is 0. The number of pyridine rings is 2. The van der Waals surface area contributed by atoms with E-state index in [4.69, 9.17) is 14.2 Å². The highest BCUT2D eigenvalue weighted by Crippen LogP contribution is 2.32. The Morgan fingerprint density at radius 2 is 1.88 bits per heavy atom. The van der Waals surface area contributed by atoms with Crippen LogP contribution in [0.5, 0.6) is 11.6 Å². The number of rotatable bonds is 6. The lowest BCUT2D eigenvalue weighted by Gasteiger charge is -2.16. The number of hydrogen-bond acceptors (Lipinski definition) is 7. The smallest absolute Gasteiger partial charge is 0.356 e. The summed E-state index contributed by atoms with van der Waals surface area (Å²) in [6, 6.07) is 15.5. The Bertz CT molecular complexity index is 1200. The first-order valence-corrected chi connectivity index (χ1v) is 10.0. The fourth-order valence-electron chi connectivity index (χ4n) is 3.70. The molecule has 3 aromatic rings. The average molecular weight is 427 g/mol. The van der Waals surface area contributed by atoms with E-state index in [0.29, 0.717) is 28.3 Å². The Hall–Kier alpha value is -4.18. The van der Waals surface area contributed by atoms with Gasteiger partial charge in [0.05, 0.1) is 25.9 Å². The van der Waals surface area contributed by atoms with Gasteiger partial charge in [-0.2, -0.15) is 5.26 Å². The van der Waals surface area contributed by atoms with Gasteiger partial charge in [0.25, 0.3) is 5.88 Å². The molecule has 0 aliphatic heterocycles. The van der Waals surface area contributed by atoms with E-state index in [2.05, 4.69) is 28.2 Å². The zero-order valence-electron chi connectivity index (χ0n) is 17.7. The lowest BCUT2D eigenvalue weighted by atomic mass is 10.1. The highest BCUT2D eigenvalue weighted by atomic mass is 16.5. The molecule has 0 bridgehead atoms. The van der Waals surface area contributed by atoms with Crippen LogP contribution in [0.1, 0.15) is 32.7 Å². The van der Waals surface area contributed by atoms with Crippen molar-refractivity contribution in [2.24, 2.45) is 0 Å². The molecule has 1 aliphatic carbocycles. The highest BCUT2D eigenvalue weighted by Gasteiger charge is 2.24. The van der Waals surface area contributed by atoms with Crippen LogP contribution in [0.25, 0.3) is 11.6 Å². The number of allylic oxidation sites excluding steroid dienone is 1. The maximum Gasteiger partial charge on any atom is 0.356 e. The minimum absolute atomic E-state index is 0.0318. The van der Waals surface area contributed by atoms with Gasteiger partial charge in [-0.15, -0.1) is 0 Å². The molecule has 32 heavy (non-hydrogen) atoms. The predicted octanol–water partition coefficient (Wildman–Crippen LogP) is 3.88. The van der Waals surface area contributed by atoms with Crippen molar-refractivity contribution in [3.63, 3.8) is 0 Å². The second-order valence-corrected chi connectivity index (χ2v) is 7.28. The Labute approximate surface area is 185 Å². The van der Waals surface area contributed by atoms with Crippen molar-refractivity contribution in [1.82, 2.24) is 9.97 Å². The summed E-state index contributed by atoms with van der Waals surface area (Å²) in [5, 5.41) is 9.76. The number of methoxy groups -OCH3 is 2. The quantitative estimate of drug-likeness (QED) is 0.435. The molecule has 7 heteroatoms. The first kappa shape index (κ1) is 21.1. The minimum Gasteiger partial charge on any atom is -0.484 e. The molecule has 0 amide bonds. The molecule has 0 N–H and O–H groups in total. The first-order chi connectivity index (χ1) is 15.6. The van der Waals surface area contributed by atoms with Gasteiger partial charge in [-0.3, -0.25) is 0 Å². The Morgan fingerprint density at radius 3 is 2.53 bits per heavy atom. The van der Waals surface area contributed by atoms with E-state index in [1.165, 1.54) is 31.5 Å². The molecule has 0 fully saturated rings. The van der Waals surface area contributed by atoms with Crippen LogP contribution in [-0.4, -0.2) is 36.3 Å². The topological polar surface area (TPSA) is 94.3 Å². The molecule has 0 spiro atoms.